The molecule has 0 bridgehead atoms. The SMILES string of the molecule is [Hg]/[N]=C1\CCCc2ccccc21. The van der Waals surface area contributed by atoms with Crippen LogP contribution < -0.4 is 0 Å². The molecule has 0 saturated heterocycles. The molecule has 1 aromatic carbocycles. The predicted molar refractivity (Wildman–Crippen MR) is 45.9 cm³/mol. The van der Waals surface area contributed by atoms with E-state index in [1.165, 1.54) is 36.1 Å². The molecule has 0 atom stereocenters. The molecule has 1 aromatic rings. The molecule has 0 N–H and O–H groups in total. The van der Waals surface area contributed by atoms with Crippen LogP contribution in [0.4, 0.5) is 0 Å². The summed E-state index contributed by atoms with van der Waals surface area (Å²) in [4.78, 5) is 0. The summed E-state index contributed by atoms with van der Waals surface area (Å²) in [5, 5.41) is 0. The first-order valence-corrected chi connectivity index (χ1v) is 6.78. The van der Waals surface area contributed by atoms with Gasteiger partial charge in [0.25, 0.3) is 0 Å². The second-order valence-electron chi connectivity index (χ2n) is 3.12. The summed E-state index contributed by atoms with van der Waals surface area (Å²) in [6.45, 7) is 0. The third-order valence-corrected chi connectivity index (χ3v) is 3.86. The molecule has 1 aliphatic carbocycles. The van der Waals surface area contributed by atoms with Crippen LogP contribution in [0.25, 0.3) is 0 Å². The Morgan fingerprint density at radius 1 is 1.17 bits per heavy atom. The minimum absolute atomic E-state index is 0.556. The van der Waals surface area contributed by atoms with E-state index in [1.807, 2.05) is 0 Å². The van der Waals surface area contributed by atoms with Gasteiger partial charge in [0.1, 0.15) is 0 Å². The van der Waals surface area contributed by atoms with Gasteiger partial charge in [-0.3, -0.25) is 0 Å². The van der Waals surface area contributed by atoms with Crippen LogP contribution >= 0.6 is 0 Å². The summed E-state index contributed by atoms with van der Waals surface area (Å²) in [7, 11) is 0. The van der Waals surface area contributed by atoms with Gasteiger partial charge in [-0.2, -0.15) is 0 Å². The molecule has 1 nitrogen and oxygen atoms in total. The summed E-state index contributed by atoms with van der Waals surface area (Å²) < 4.78 is 4.50. The third-order valence-electron chi connectivity index (χ3n) is 2.38. The number of fused-ring (bicyclic) bond motifs is 1. The molecule has 0 aliphatic heterocycles. The van der Waals surface area contributed by atoms with E-state index in [4.69, 9.17) is 0 Å². The average molecular weight is 345 g/mol. The summed E-state index contributed by atoms with van der Waals surface area (Å²) >= 11 is 0.556. The van der Waals surface area contributed by atoms with Crippen LogP contribution in [-0.4, -0.2) is 5.71 Å². The van der Waals surface area contributed by atoms with Crippen molar-refractivity contribution >= 4 is 5.71 Å². The molecule has 0 radical (unpaired) electrons. The van der Waals surface area contributed by atoms with Crippen LogP contribution in [0.2, 0.25) is 0 Å². The zero-order valence-electron chi connectivity index (χ0n) is 7.09. The van der Waals surface area contributed by atoms with Gasteiger partial charge in [0.05, 0.1) is 0 Å². The van der Waals surface area contributed by atoms with Gasteiger partial charge in [-0.05, 0) is 0 Å². The number of nitrogens with zero attached hydrogens (tertiary/aromatic N) is 1. The van der Waals surface area contributed by atoms with Gasteiger partial charge < -0.3 is 0 Å². The van der Waals surface area contributed by atoms with Crippen LogP contribution in [0, 0.1) is 0 Å². The molecule has 12 heavy (non-hydrogen) atoms. The molecule has 0 saturated carbocycles. The van der Waals surface area contributed by atoms with Gasteiger partial charge in [-0.1, -0.05) is 0 Å². The van der Waals surface area contributed by atoms with Crippen molar-refractivity contribution < 1.29 is 26.4 Å². The van der Waals surface area contributed by atoms with Crippen molar-refractivity contribution in [1.82, 2.24) is 0 Å². The maximum atomic E-state index is 4.50. The van der Waals surface area contributed by atoms with Crippen molar-refractivity contribution in [3.05, 3.63) is 35.4 Å². The van der Waals surface area contributed by atoms with Gasteiger partial charge in [-0.25, -0.2) is 0 Å². The van der Waals surface area contributed by atoms with Gasteiger partial charge in [0.15, 0.2) is 0 Å². The maximum absolute atomic E-state index is 4.50. The van der Waals surface area contributed by atoms with E-state index >= 15 is 0 Å². The standard InChI is InChI=1S/C10H10N.Hg/c11-10-7-3-5-8-4-1-2-6-9(8)10;/h1-2,4,6H,3,5,7H2;/q-1;+1. The van der Waals surface area contributed by atoms with E-state index in [2.05, 4.69) is 27.0 Å². The molecule has 2 heteroatoms. The fourth-order valence-corrected chi connectivity index (χ4v) is 3.04. The van der Waals surface area contributed by atoms with Crippen molar-refractivity contribution in [1.29, 1.82) is 0 Å². The molecule has 2 rings (SSSR count). The Balaban J connectivity index is 2.51. The topological polar surface area (TPSA) is 12.4 Å². The first-order valence-electron chi connectivity index (χ1n) is 4.32. The van der Waals surface area contributed by atoms with Gasteiger partial charge >= 0.3 is 89.5 Å². The second kappa shape index (κ2) is 3.69. The Morgan fingerprint density at radius 2 is 2.00 bits per heavy atom. The normalized spacial score (nSPS) is 19.3. The molecule has 1 aliphatic rings. The monoisotopic (exact) mass is 346 g/mol. The number of rotatable bonds is 0. The Labute approximate surface area is 89.3 Å². The fraction of sp³-hybridized carbons (Fsp3) is 0.300. The zero-order chi connectivity index (χ0) is 8.39. The Bertz CT molecular complexity index is 317. The molecule has 0 fully saturated rings. The third kappa shape index (κ3) is 1.47. The molecule has 57 valence electrons. The van der Waals surface area contributed by atoms with E-state index in [-0.39, 0.29) is 0 Å². The summed E-state index contributed by atoms with van der Waals surface area (Å²) in [6, 6.07) is 8.68. The van der Waals surface area contributed by atoms with E-state index < -0.39 is 0 Å². The van der Waals surface area contributed by atoms with E-state index in [0.717, 1.165) is 0 Å². The average Bonchev–Trinajstić information content (AvgIpc) is 2.17. The van der Waals surface area contributed by atoms with Gasteiger partial charge in [0, 0.05) is 0 Å². The molecule has 0 spiro atoms. The van der Waals surface area contributed by atoms with Crippen LogP contribution in [0.3, 0.4) is 0 Å². The summed E-state index contributed by atoms with van der Waals surface area (Å²) in [5.41, 5.74) is 4.27. The Kier molecular flexibility index (Phi) is 2.59. The number of benzene rings is 1. The van der Waals surface area contributed by atoms with Crippen LogP contribution in [0.5, 0.6) is 0 Å². The van der Waals surface area contributed by atoms with Crippen molar-refractivity contribution in [2.24, 2.45) is 2.76 Å². The quantitative estimate of drug-likeness (QED) is 0.640. The van der Waals surface area contributed by atoms with Gasteiger partial charge in [0.2, 0.25) is 0 Å². The molecular weight excluding hydrogens is 335 g/mol. The van der Waals surface area contributed by atoms with Crippen LogP contribution in [-0.2, 0) is 32.8 Å². The first kappa shape index (κ1) is 8.42. The molecular formula is C10H10HgN. The van der Waals surface area contributed by atoms with Gasteiger partial charge in [-0.15, -0.1) is 0 Å². The number of hydrogen-bond acceptors (Lipinski definition) is 1. The predicted octanol–water partition coefficient (Wildman–Crippen LogP) is 2.27. The van der Waals surface area contributed by atoms with Crippen LogP contribution in [0.1, 0.15) is 24.0 Å². The molecule has 0 unspecified atom stereocenters. The minimum atomic E-state index is 0.556. The van der Waals surface area contributed by atoms with E-state index in [1.54, 1.807) is 0 Å². The van der Waals surface area contributed by atoms with Crippen molar-refractivity contribution in [3.63, 3.8) is 0 Å². The molecule has 0 heterocycles. The Hall–Kier alpha value is -0.175. The zero-order valence-corrected chi connectivity index (χ0v) is 12.6. The first-order chi connectivity index (χ1) is 5.92. The van der Waals surface area contributed by atoms with E-state index in [9.17, 15) is 0 Å². The molecule has 0 aromatic heterocycles. The summed E-state index contributed by atoms with van der Waals surface area (Å²) in [5.74, 6) is 0. The van der Waals surface area contributed by atoms with Crippen molar-refractivity contribution in [3.8, 4) is 0 Å². The number of hydrogen-bond donors (Lipinski definition) is 0. The second-order valence-corrected chi connectivity index (χ2v) is 4.34. The molecule has 0 amide bonds. The number of aryl methyl sites for hydroxylation is 1. The van der Waals surface area contributed by atoms with Crippen molar-refractivity contribution in [2.45, 2.75) is 19.3 Å². The van der Waals surface area contributed by atoms with Crippen LogP contribution in [0.15, 0.2) is 27.0 Å². The Morgan fingerprint density at radius 3 is 2.83 bits per heavy atom. The fourth-order valence-electron chi connectivity index (χ4n) is 1.77. The van der Waals surface area contributed by atoms with E-state index in [0.29, 0.717) is 26.4 Å². The van der Waals surface area contributed by atoms with Crippen molar-refractivity contribution in [2.75, 3.05) is 0 Å². The summed E-state index contributed by atoms with van der Waals surface area (Å²) in [6.07, 6.45) is 3.72.